The fourth-order valence-corrected chi connectivity index (χ4v) is 2.91. The van der Waals surface area contributed by atoms with E-state index >= 15 is 0 Å². The lowest BCUT2D eigenvalue weighted by atomic mass is 10.2. The van der Waals surface area contributed by atoms with Gasteiger partial charge in [-0.05, 0) is 50.2 Å². The van der Waals surface area contributed by atoms with Crippen molar-refractivity contribution in [2.45, 2.75) is 23.6 Å². The summed E-state index contributed by atoms with van der Waals surface area (Å²) in [6.45, 7) is 3.89. The van der Waals surface area contributed by atoms with E-state index in [-0.39, 0.29) is 5.75 Å². The van der Waals surface area contributed by atoms with Gasteiger partial charge in [-0.15, -0.1) is 0 Å². The quantitative estimate of drug-likeness (QED) is 0.738. The van der Waals surface area contributed by atoms with Crippen molar-refractivity contribution in [3.8, 4) is 5.75 Å². The van der Waals surface area contributed by atoms with E-state index in [2.05, 4.69) is 48.3 Å². The van der Waals surface area contributed by atoms with E-state index < -0.39 is 0 Å². The normalized spacial score (nSPS) is 10.9. The second kappa shape index (κ2) is 5.17. The van der Waals surface area contributed by atoms with Gasteiger partial charge < -0.3 is 5.11 Å². The van der Waals surface area contributed by atoms with Gasteiger partial charge in [0, 0.05) is 15.2 Å². The van der Waals surface area contributed by atoms with E-state index in [4.69, 9.17) is 0 Å². The summed E-state index contributed by atoms with van der Waals surface area (Å²) in [5, 5.41) is 10.7. The van der Waals surface area contributed by atoms with Gasteiger partial charge in [0.2, 0.25) is 0 Å². The number of hydrogen-bond donors (Lipinski definition) is 1. The lowest BCUT2D eigenvalue weighted by Gasteiger charge is -2.06. The molecule has 2 aromatic carbocycles. The number of pyridine rings is 1. The standard InChI is InChI=1S/C17H15NOS/c1-11-3-5-14(6-4-11)20-15-7-8-16-13(9-15)10-17(19)12(2)18-16/h3-10,19H,1-2H3. The fraction of sp³-hybridized carbons (Fsp3) is 0.118. The zero-order valence-corrected chi connectivity index (χ0v) is 12.2. The topological polar surface area (TPSA) is 33.1 Å². The minimum absolute atomic E-state index is 0.245. The maximum Gasteiger partial charge on any atom is 0.137 e. The molecule has 0 atom stereocenters. The van der Waals surface area contributed by atoms with E-state index in [0.717, 1.165) is 15.8 Å². The number of hydrogen-bond acceptors (Lipinski definition) is 3. The lowest BCUT2D eigenvalue weighted by Crippen LogP contribution is -1.85. The first kappa shape index (κ1) is 13.0. The molecule has 0 radical (unpaired) electrons. The predicted octanol–water partition coefficient (Wildman–Crippen LogP) is 4.71. The summed E-state index contributed by atoms with van der Waals surface area (Å²) in [6.07, 6.45) is 0. The van der Waals surface area contributed by atoms with E-state index in [1.807, 2.05) is 13.0 Å². The van der Waals surface area contributed by atoms with Crippen molar-refractivity contribution in [1.82, 2.24) is 4.98 Å². The molecule has 0 amide bonds. The van der Waals surface area contributed by atoms with Gasteiger partial charge in [0.05, 0.1) is 11.2 Å². The van der Waals surface area contributed by atoms with Crippen molar-refractivity contribution in [2.24, 2.45) is 0 Å². The van der Waals surface area contributed by atoms with Gasteiger partial charge in [0.25, 0.3) is 0 Å². The highest BCUT2D eigenvalue weighted by molar-refractivity contribution is 7.99. The Labute approximate surface area is 122 Å². The Morgan fingerprint density at radius 2 is 1.60 bits per heavy atom. The van der Waals surface area contributed by atoms with Crippen molar-refractivity contribution < 1.29 is 5.11 Å². The number of benzene rings is 2. The van der Waals surface area contributed by atoms with E-state index in [1.54, 1.807) is 17.8 Å². The predicted molar refractivity (Wildman–Crippen MR) is 83.4 cm³/mol. The molecule has 0 aliphatic carbocycles. The number of fused-ring (bicyclic) bond motifs is 1. The van der Waals surface area contributed by atoms with Crippen molar-refractivity contribution in [2.75, 3.05) is 0 Å². The molecule has 0 saturated heterocycles. The molecule has 0 spiro atoms. The molecule has 1 heterocycles. The number of nitrogens with zero attached hydrogens (tertiary/aromatic N) is 1. The minimum Gasteiger partial charge on any atom is -0.506 e. The Kier molecular flexibility index (Phi) is 3.36. The van der Waals surface area contributed by atoms with Crippen molar-refractivity contribution >= 4 is 22.7 Å². The van der Waals surface area contributed by atoms with Crippen LogP contribution in [0.2, 0.25) is 0 Å². The summed E-state index contributed by atoms with van der Waals surface area (Å²) in [4.78, 5) is 6.73. The Hall–Kier alpha value is -2.00. The van der Waals surface area contributed by atoms with E-state index in [0.29, 0.717) is 5.69 Å². The number of aromatic nitrogens is 1. The van der Waals surface area contributed by atoms with Gasteiger partial charge in [0.1, 0.15) is 5.75 Å². The highest BCUT2D eigenvalue weighted by Crippen LogP contribution is 2.31. The van der Waals surface area contributed by atoms with E-state index in [9.17, 15) is 5.11 Å². The molecular formula is C17H15NOS. The zero-order chi connectivity index (χ0) is 14.1. The van der Waals surface area contributed by atoms with Crippen LogP contribution < -0.4 is 0 Å². The SMILES string of the molecule is Cc1ccc(Sc2ccc3nc(C)c(O)cc3c2)cc1. The smallest absolute Gasteiger partial charge is 0.137 e. The van der Waals surface area contributed by atoms with Gasteiger partial charge in [0.15, 0.2) is 0 Å². The van der Waals surface area contributed by atoms with Crippen LogP contribution in [0.5, 0.6) is 5.75 Å². The highest BCUT2D eigenvalue weighted by atomic mass is 32.2. The third-order valence-electron chi connectivity index (χ3n) is 3.21. The van der Waals surface area contributed by atoms with Crippen LogP contribution in [0, 0.1) is 13.8 Å². The van der Waals surface area contributed by atoms with E-state index in [1.165, 1.54) is 10.5 Å². The molecule has 0 bridgehead atoms. The van der Waals surface area contributed by atoms with Crippen LogP contribution in [-0.2, 0) is 0 Å². The van der Waals surface area contributed by atoms with Crippen LogP contribution >= 0.6 is 11.8 Å². The molecule has 20 heavy (non-hydrogen) atoms. The average molecular weight is 281 g/mol. The summed E-state index contributed by atoms with van der Waals surface area (Å²) in [5.41, 5.74) is 2.84. The molecule has 3 heteroatoms. The van der Waals surface area contributed by atoms with Gasteiger partial charge in [-0.2, -0.15) is 0 Å². The maximum atomic E-state index is 9.76. The summed E-state index contributed by atoms with van der Waals surface area (Å²) in [7, 11) is 0. The second-order valence-electron chi connectivity index (χ2n) is 4.86. The Morgan fingerprint density at radius 1 is 0.900 bits per heavy atom. The average Bonchev–Trinajstić information content (AvgIpc) is 2.43. The molecule has 3 aromatic rings. The molecule has 0 unspecified atom stereocenters. The molecular weight excluding hydrogens is 266 g/mol. The Balaban J connectivity index is 1.96. The number of rotatable bonds is 2. The molecule has 100 valence electrons. The lowest BCUT2D eigenvalue weighted by molar-refractivity contribution is 0.469. The molecule has 0 saturated carbocycles. The third-order valence-corrected chi connectivity index (χ3v) is 4.20. The summed E-state index contributed by atoms with van der Waals surface area (Å²) >= 11 is 1.71. The third kappa shape index (κ3) is 2.63. The van der Waals surface area contributed by atoms with Crippen LogP contribution in [-0.4, -0.2) is 10.1 Å². The second-order valence-corrected chi connectivity index (χ2v) is 6.01. The summed E-state index contributed by atoms with van der Waals surface area (Å²) in [5.74, 6) is 0.245. The largest absolute Gasteiger partial charge is 0.506 e. The molecule has 3 rings (SSSR count). The minimum atomic E-state index is 0.245. The first-order valence-corrected chi connectivity index (χ1v) is 7.28. The van der Waals surface area contributed by atoms with Crippen LogP contribution in [0.1, 0.15) is 11.3 Å². The molecule has 0 fully saturated rings. The first-order chi connectivity index (χ1) is 9.61. The number of aromatic hydroxyl groups is 1. The maximum absolute atomic E-state index is 9.76. The Morgan fingerprint density at radius 3 is 2.35 bits per heavy atom. The molecule has 2 nitrogen and oxygen atoms in total. The summed E-state index contributed by atoms with van der Waals surface area (Å²) in [6, 6.07) is 16.4. The van der Waals surface area contributed by atoms with Crippen LogP contribution in [0.3, 0.4) is 0 Å². The van der Waals surface area contributed by atoms with Crippen molar-refractivity contribution in [3.63, 3.8) is 0 Å². The van der Waals surface area contributed by atoms with Crippen LogP contribution in [0.4, 0.5) is 0 Å². The Bertz CT molecular complexity index is 766. The van der Waals surface area contributed by atoms with Gasteiger partial charge in [-0.3, -0.25) is 0 Å². The fourth-order valence-electron chi connectivity index (χ4n) is 2.05. The molecule has 1 N–H and O–H groups in total. The monoisotopic (exact) mass is 281 g/mol. The molecule has 0 aliphatic heterocycles. The van der Waals surface area contributed by atoms with Crippen LogP contribution in [0.25, 0.3) is 10.9 Å². The molecule has 0 aliphatic rings. The van der Waals surface area contributed by atoms with Crippen molar-refractivity contribution in [1.29, 1.82) is 0 Å². The van der Waals surface area contributed by atoms with Crippen LogP contribution in [0.15, 0.2) is 58.3 Å². The zero-order valence-electron chi connectivity index (χ0n) is 11.4. The molecule has 1 aromatic heterocycles. The van der Waals surface area contributed by atoms with Gasteiger partial charge in [-0.25, -0.2) is 4.98 Å². The first-order valence-electron chi connectivity index (χ1n) is 6.47. The van der Waals surface area contributed by atoms with Crippen molar-refractivity contribution in [3.05, 3.63) is 59.8 Å². The summed E-state index contributed by atoms with van der Waals surface area (Å²) < 4.78 is 0. The van der Waals surface area contributed by atoms with Gasteiger partial charge >= 0.3 is 0 Å². The number of aryl methyl sites for hydroxylation is 2. The van der Waals surface area contributed by atoms with Gasteiger partial charge in [-0.1, -0.05) is 29.5 Å². The highest BCUT2D eigenvalue weighted by Gasteiger charge is 2.04.